The van der Waals surface area contributed by atoms with Crippen LogP contribution < -0.4 is 0 Å². The lowest BCUT2D eigenvalue weighted by atomic mass is 10.00. The van der Waals surface area contributed by atoms with Crippen molar-refractivity contribution in [2.24, 2.45) is 0 Å². The van der Waals surface area contributed by atoms with Crippen molar-refractivity contribution >= 4 is 5.91 Å². The van der Waals surface area contributed by atoms with Gasteiger partial charge in [-0.1, -0.05) is 0 Å². The van der Waals surface area contributed by atoms with E-state index in [9.17, 15) is 9.90 Å². The van der Waals surface area contributed by atoms with E-state index < -0.39 is 0 Å². The highest BCUT2D eigenvalue weighted by Gasteiger charge is 2.41. The Balaban J connectivity index is 1.93. The van der Waals surface area contributed by atoms with Gasteiger partial charge >= 0.3 is 0 Å². The number of fused-ring (bicyclic) bond motifs is 2. The van der Waals surface area contributed by atoms with Gasteiger partial charge < -0.3 is 10.0 Å². The van der Waals surface area contributed by atoms with Crippen LogP contribution in [0.25, 0.3) is 0 Å². The predicted molar refractivity (Wildman–Crippen MR) is 66.7 cm³/mol. The second-order valence-electron chi connectivity index (χ2n) is 5.25. The fourth-order valence-corrected chi connectivity index (χ4v) is 3.34. The van der Waals surface area contributed by atoms with Crippen LogP contribution in [0, 0.1) is 0 Å². The number of aliphatic hydroxyl groups excluding tert-OH is 1. The Labute approximate surface area is 104 Å². The molecule has 0 aromatic rings. The van der Waals surface area contributed by atoms with Gasteiger partial charge in [-0.15, -0.1) is 0 Å². The van der Waals surface area contributed by atoms with Crippen molar-refractivity contribution in [3.63, 3.8) is 0 Å². The maximum Gasteiger partial charge on any atom is 0.236 e. The van der Waals surface area contributed by atoms with Crippen LogP contribution >= 0.6 is 0 Å². The number of amides is 1. The zero-order chi connectivity index (χ0) is 12.4. The Morgan fingerprint density at radius 2 is 1.76 bits per heavy atom. The van der Waals surface area contributed by atoms with Crippen LogP contribution in [0.5, 0.6) is 0 Å². The third-order valence-electron chi connectivity index (χ3n) is 4.29. The Hall–Kier alpha value is -0.610. The van der Waals surface area contributed by atoms with Crippen molar-refractivity contribution in [3.8, 4) is 0 Å². The summed E-state index contributed by atoms with van der Waals surface area (Å²) in [4.78, 5) is 16.3. The molecule has 2 heterocycles. The summed E-state index contributed by atoms with van der Waals surface area (Å²) in [5.41, 5.74) is 0. The molecule has 1 amide bonds. The summed E-state index contributed by atoms with van der Waals surface area (Å²) in [7, 11) is 0. The van der Waals surface area contributed by atoms with E-state index in [4.69, 9.17) is 0 Å². The van der Waals surface area contributed by atoms with Gasteiger partial charge in [0.25, 0.3) is 0 Å². The molecule has 2 unspecified atom stereocenters. The number of hydrogen-bond donors (Lipinski definition) is 1. The second-order valence-corrected chi connectivity index (χ2v) is 5.25. The van der Waals surface area contributed by atoms with Crippen molar-refractivity contribution in [3.05, 3.63) is 0 Å². The molecule has 4 heteroatoms. The first-order valence-corrected chi connectivity index (χ1v) is 6.87. The van der Waals surface area contributed by atoms with Gasteiger partial charge in [0.2, 0.25) is 5.91 Å². The quantitative estimate of drug-likeness (QED) is 0.792. The molecule has 0 aromatic heterocycles. The number of likely N-dealkylation sites (N-methyl/N-ethyl adjacent to an activating group) is 1. The Kier molecular flexibility index (Phi) is 4.05. The van der Waals surface area contributed by atoms with E-state index in [2.05, 4.69) is 4.90 Å². The van der Waals surface area contributed by atoms with Gasteiger partial charge in [0.15, 0.2) is 0 Å². The lowest BCUT2D eigenvalue weighted by Gasteiger charge is -2.37. The summed E-state index contributed by atoms with van der Waals surface area (Å²) in [6.45, 7) is 6.18. The van der Waals surface area contributed by atoms with Gasteiger partial charge in [-0.05, 0) is 39.5 Å². The topological polar surface area (TPSA) is 43.8 Å². The highest BCUT2D eigenvalue weighted by Crippen LogP contribution is 2.35. The fraction of sp³-hybridized carbons (Fsp3) is 0.923. The summed E-state index contributed by atoms with van der Waals surface area (Å²) in [6.07, 6.45) is 3.84. The molecule has 17 heavy (non-hydrogen) atoms. The SMILES string of the molecule is CCN(CC)C(=O)CN1C2CCC1CC(O)C2. The molecule has 0 saturated carbocycles. The molecule has 98 valence electrons. The van der Waals surface area contributed by atoms with Crippen LogP contribution in [0.15, 0.2) is 0 Å². The Morgan fingerprint density at radius 3 is 2.24 bits per heavy atom. The van der Waals surface area contributed by atoms with E-state index in [0.29, 0.717) is 18.6 Å². The van der Waals surface area contributed by atoms with Crippen LogP contribution in [0.2, 0.25) is 0 Å². The third kappa shape index (κ3) is 2.63. The van der Waals surface area contributed by atoms with Crippen LogP contribution in [0.1, 0.15) is 39.5 Å². The maximum atomic E-state index is 12.1. The first-order valence-electron chi connectivity index (χ1n) is 6.87. The zero-order valence-corrected chi connectivity index (χ0v) is 10.9. The molecule has 0 aromatic carbocycles. The number of aliphatic hydroxyl groups is 1. The number of carbonyl (C=O) groups excluding carboxylic acids is 1. The van der Waals surface area contributed by atoms with E-state index in [0.717, 1.165) is 38.8 Å². The fourth-order valence-electron chi connectivity index (χ4n) is 3.34. The van der Waals surface area contributed by atoms with Crippen molar-refractivity contribution < 1.29 is 9.90 Å². The molecule has 2 atom stereocenters. The molecule has 0 aliphatic carbocycles. The van der Waals surface area contributed by atoms with E-state index in [-0.39, 0.29) is 12.0 Å². The highest BCUT2D eigenvalue weighted by atomic mass is 16.3. The van der Waals surface area contributed by atoms with Crippen LogP contribution in [0.4, 0.5) is 0 Å². The summed E-state index contributed by atoms with van der Waals surface area (Å²) in [6, 6.07) is 0.867. The molecule has 1 N–H and O–H groups in total. The molecule has 2 rings (SSSR count). The lowest BCUT2D eigenvalue weighted by molar-refractivity contribution is -0.133. The van der Waals surface area contributed by atoms with Gasteiger partial charge in [-0.2, -0.15) is 0 Å². The van der Waals surface area contributed by atoms with Gasteiger partial charge in [0, 0.05) is 25.2 Å². The molecular formula is C13H24N2O2. The summed E-state index contributed by atoms with van der Waals surface area (Å²) in [5, 5.41) is 9.72. The predicted octanol–water partition coefficient (Wildman–Crippen LogP) is 0.842. The minimum atomic E-state index is -0.146. The number of piperidine rings is 1. The number of rotatable bonds is 4. The van der Waals surface area contributed by atoms with E-state index in [1.54, 1.807) is 0 Å². The van der Waals surface area contributed by atoms with Gasteiger partial charge in [-0.3, -0.25) is 9.69 Å². The minimum Gasteiger partial charge on any atom is -0.393 e. The Bertz CT molecular complexity index is 265. The molecule has 2 aliphatic heterocycles. The van der Waals surface area contributed by atoms with Crippen molar-refractivity contribution in [2.75, 3.05) is 19.6 Å². The van der Waals surface area contributed by atoms with Crippen molar-refractivity contribution in [1.29, 1.82) is 0 Å². The monoisotopic (exact) mass is 240 g/mol. The molecular weight excluding hydrogens is 216 g/mol. The first kappa shape index (κ1) is 12.8. The largest absolute Gasteiger partial charge is 0.393 e. The van der Waals surface area contributed by atoms with Crippen molar-refractivity contribution in [2.45, 2.75) is 57.7 Å². The van der Waals surface area contributed by atoms with E-state index >= 15 is 0 Å². The molecule has 2 bridgehead atoms. The highest BCUT2D eigenvalue weighted by molar-refractivity contribution is 5.78. The third-order valence-corrected chi connectivity index (χ3v) is 4.29. The minimum absolute atomic E-state index is 0.146. The van der Waals surface area contributed by atoms with Crippen molar-refractivity contribution in [1.82, 2.24) is 9.80 Å². The van der Waals surface area contributed by atoms with Gasteiger partial charge in [0.05, 0.1) is 12.6 Å². The van der Waals surface area contributed by atoms with Gasteiger partial charge in [-0.25, -0.2) is 0 Å². The first-order chi connectivity index (χ1) is 8.15. The lowest BCUT2D eigenvalue weighted by Crippen LogP contribution is -2.49. The molecule has 2 fully saturated rings. The summed E-state index contributed by atoms with van der Waals surface area (Å²) in [5.74, 6) is 0.239. The normalized spacial score (nSPS) is 32.8. The summed E-state index contributed by atoms with van der Waals surface area (Å²) >= 11 is 0. The standard InChI is InChI=1S/C13H24N2O2/c1-3-14(4-2)13(17)9-15-10-5-6-11(15)8-12(16)7-10/h10-12,16H,3-9H2,1-2H3. The Morgan fingerprint density at radius 1 is 1.24 bits per heavy atom. The number of carbonyl (C=O) groups is 1. The number of hydrogen-bond acceptors (Lipinski definition) is 3. The molecule has 0 spiro atoms. The van der Waals surface area contributed by atoms with Crippen LogP contribution in [-0.2, 0) is 4.79 Å². The summed E-state index contributed by atoms with van der Waals surface area (Å²) < 4.78 is 0. The zero-order valence-electron chi connectivity index (χ0n) is 10.9. The number of nitrogens with zero attached hydrogens (tertiary/aromatic N) is 2. The van der Waals surface area contributed by atoms with Gasteiger partial charge in [0.1, 0.15) is 0 Å². The van der Waals surface area contributed by atoms with Crippen LogP contribution in [0.3, 0.4) is 0 Å². The van der Waals surface area contributed by atoms with E-state index in [1.165, 1.54) is 0 Å². The maximum absolute atomic E-state index is 12.1. The van der Waals surface area contributed by atoms with Crippen LogP contribution in [-0.4, -0.2) is 58.6 Å². The molecule has 2 aliphatic rings. The second kappa shape index (κ2) is 5.36. The molecule has 4 nitrogen and oxygen atoms in total. The van der Waals surface area contributed by atoms with E-state index in [1.807, 2.05) is 18.7 Å². The average Bonchev–Trinajstić information content (AvgIpc) is 2.54. The molecule has 2 saturated heterocycles. The molecule has 0 radical (unpaired) electrons. The average molecular weight is 240 g/mol. The smallest absolute Gasteiger partial charge is 0.236 e.